The first kappa shape index (κ1) is 14.4. The average molecular weight is 283 g/mol. The standard InChI is InChI=1S/C19H25NO/c1-13-7-10-16(11-8-13)21-19-17(14(2)20)12-9-15-5-3-4-6-18(15)19/h3-6,9,12-14,16H,7-8,10-11,20H2,1-2H3. The fourth-order valence-electron chi connectivity index (χ4n) is 3.26. The van der Waals surface area contributed by atoms with Crippen LogP contribution in [0.15, 0.2) is 36.4 Å². The van der Waals surface area contributed by atoms with E-state index in [0.29, 0.717) is 6.10 Å². The molecule has 112 valence electrons. The first-order chi connectivity index (χ1) is 10.1. The molecule has 2 aromatic carbocycles. The number of nitrogens with two attached hydrogens (primary N) is 1. The monoisotopic (exact) mass is 283 g/mol. The Morgan fingerprint density at radius 3 is 2.48 bits per heavy atom. The zero-order valence-electron chi connectivity index (χ0n) is 13.0. The topological polar surface area (TPSA) is 35.2 Å². The molecule has 2 aromatic rings. The van der Waals surface area contributed by atoms with Gasteiger partial charge in [-0.25, -0.2) is 0 Å². The van der Waals surface area contributed by atoms with Crippen molar-refractivity contribution in [3.05, 3.63) is 42.0 Å². The van der Waals surface area contributed by atoms with E-state index in [4.69, 9.17) is 10.5 Å². The fraction of sp³-hybridized carbons (Fsp3) is 0.474. The van der Waals surface area contributed by atoms with Crippen LogP contribution in [0.25, 0.3) is 10.8 Å². The summed E-state index contributed by atoms with van der Waals surface area (Å²) < 4.78 is 6.43. The van der Waals surface area contributed by atoms with E-state index >= 15 is 0 Å². The molecule has 0 heterocycles. The summed E-state index contributed by atoms with van der Waals surface area (Å²) in [5.74, 6) is 1.84. The number of hydrogen-bond acceptors (Lipinski definition) is 2. The summed E-state index contributed by atoms with van der Waals surface area (Å²) in [4.78, 5) is 0. The van der Waals surface area contributed by atoms with Gasteiger partial charge in [-0.05, 0) is 43.9 Å². The number of rotatable bonds is 3. The molecular weight excluding hydrogens is 258 g/mol. The maximum absolute atomic E-state index is 6.43. The summed E-state index contributed by atoms with van der Waals surface area (Å²) in [6, 6.07) is 12.7. The normalized spacial score (nSPS) is 24.0. The molecule has 0 aromatic heterocycles. The molecule has 1 aliphatic rings. The van der Waals surface area contributed by atoms with Crippen LogP contribution in [0.3, 0.4) is 0 Å². The van der Waals surface area contributed by atoms with Crippen LogP contribution < -0.4 is 10.5 Å². The van der Waals surface area contributed by atoms with Crippen molar-refractivity contribution in [2.45, 2.75) is 51.7 Å². The Morgan fingerprint density at radius 2 is 1.76 bits per heavy atom. The van der Waals surface area contributed by atoms with Crippen molar-refractivity contribution in [1.82, 2.24) is 0 Å². The minimum Gasteiger partial charge on any atom is -0.489 e. The lowest BCUT2D eigenvalue weighted by Gasteiger charge is -2.29. The minimum absolute atomic E-state index is 0.00730. The van der Waals surface area contributed by atoms with Crippen molar-refractivity contribution >= 4 is 10.8 Å². The van der Waals surface area contributed by atoms with Gasteiger partial charge < -0.3 is 10.5 Å². The van der Waals surface area contributed by atoms with Gasteiger partial charge in [0.2, 0.25) is 0 Å². The van der Waals surface area contributed by atoms with Crippen LogP contribution in [0.4, 0.5) is 0 Å². The molecule has 2 heteroatoms. The third-order valence-electron chi connectivity index (χ3n) is 4.65. The highest BCUT2D eigenvalue weighted by atomic mass is 16.5. The zero-order chi connectivity index (χ0) is 14.8. The highest BCUT2D eigenvalue weighted by Crippen LogP contribution is 2.36. The molecule has 1 atom stereocenters. The summed E-state index contributed by atoms with van der Waals surface area (Å²) in [7, 11) is 0. The van der Waals surface area contributed by atoms with Crippen molar-refractivity contribution in [3.8, 4) is 5.75 Å². The third-order valence-corrected chi connectivity index (χ3v) is 4.65. The highest BCUT2D eigenvalue weighted by Gasteiger charge is 2.22. The molecule has 1 saturated carbocycles. The summed E-state index contributed by atoms with van der Waals surface area (Å²) in [5, 5.41) is 2.41. The summed E-state index contributed by atoms with van der Waals surface area (Å²) >= 11 is 0. The lowest BCUT2D eigenvalue weighted by Crippen LogP contribution is -2.24. The number of hydrogen-bond donors (Lipinski definition) is 1. The average Bonchev–Trinajstić information content (AvgIpc) is 2.49. The lowest BCUT2D eigenvalue weighted by molar-refractivity contribution is 0.136. The molecule has 1 aliphatic carbocycles. The predicted molar refractivity (Wildman–Crippen MR) is 88.6 cm³/mol. The quantitative estimate of drug-likeness (QED) is 0.876. The molecule has 0 aliphatic heterocycles. The van der Waals surface area contributed by atoms with Gasteiger partial charge in [-0.3, -0.25) is 0 Å². The zero-order valence-corrected chi connectivity index (χ0v) is 13.0. The van der Waals surface area contributed by atoms with Gasteiger partial charge >= 0.3 is 0 Å². The van der Waals surface area contributed by atoms with Gasteiger partial charge in [0.25, 0.3) is 0 Å². The van der Waals surface area contributed by atoms with Gasteiger partial charge in [-0.1, -0.05) is 43.3 Å². The smallest absolute Gasteiger partial charge is 0.132 e. The maximum Gasteiger partial charge on any atom is 0.132 e. The Morgan fingerprint density at radius 1 is 1.05 bits per heavy atom. The Balaban J connectivity index is 1.96. The van der Waals surface area contributed by atoms with E-state index in [1.165, 1.54) is 23.6 Å². The van der Waals surface area contributed by atoms with Crippen molar-refractivity contribution in [1.29, 1.82) is 0 Å². The maximum atomic E-state index is 6.43. The van der Waals surface area contributed by atoms with Crippen molar-refractivity contribution < 1.29 is 4.74 Å². The Hall–Kier alpha value is -1.54. The number of ether oxygens (including phenoxy) is 1. The Labute approximate surface area is 127 Å². The molecule has 0 radical (unpaired) electrons. The van der Waals surface area contributed by atoms with Gasteiger partial charge in [0.05, 0.1) is 6.10 Å². The minimum atomic E-state index is -0.00730. The number of benzene rings is 2. The van der Waals surface area contributed by atoms with Crippen LogP contribution in [0.2, 0.25) is 0 Å². The molecule has 3 rings (SSSR count). The van der Waals surface area contributed by atoms with E-state index in [9.17, 15) is 0 Å². The molecular formula is C19H25NO. The van der Waals surface area contributed by atoms with E-state index in [1.54, 1.807) is 0 Å². The molecule has 1 unspecified atom stereocenters. The van der Waals surface area contributed by atoms with Crippen molar-refractivity contribution in [2.75, 3.05) is 0 Å². The van der Waals surface area contributed by atoms with Gasteiger partial charge in [0.1, 0.15) is 5.75 Å². The summed E-state index contributed by atoms with van der Waals surface area (Å²) in [5.41, 5.74) is 7.27. The molecule has 1 fully saturated rings. The third kappa shape index (κ3) is 3.06. The van der Waals surface area contributed by atoms with Crippen molar-refractivity contribution in [3.63, 3.8) is 0 Å². The largest absolute Gasteiger partial charge is 0.489 e. The second kappa shape index (κ2) is 6.07. The Bertz CT molecular complexity index is 612. The van der Waals surface area contributed by atoms with E-state index in [-0.39, 0.29) is 6.04 Å². The Kier molecular flexibility index (Phi) is 4.16. The van der Waals surface area contributed by atoms with Crippen LogP contribution >= 0.6 is 0 Å². The van der Waals surface area contributed by atoms with E-state index in [1.807, 2.05) is 6.92 Å². The molecule has 2 N–H and O–H groups in total. The summed E-state index contributed by atoms with van der Waals surface area (Å²) in [6.07, 6.45) is 5.18. The first-order valence-corrected chi connectivity index (χ1v) is 8.09. The van der Waals surface area contributed by atoms with Crippen LogP contribution in [0.1, 0.15) is 51.1 Å². The lowest BCUT2D eigenvalue weighted by atomic mass is 9.89. The van der Waals surface area contributed by atoms with Crippen LogP contribution in [0, 0.1) is 5.92 Å². The van der Waals surface area contributed by atoms with E-state index < -0.39 is 0 Å². The van der Waals surface area contributed by atoms with Gasteiger partial charge in [0.15, 0.2) is 0 Å². The highest BCUT2D eigenvalue weighted by molar-refractivity contribution is 5.89. The van der Waals surface area contributed by atoms with E-state index in [2.05, 4.69) is 43.3 Å². The molecule has 2 nitrogen and oxygen atoms in total. The van der Waals surface area contributed by atoms with Gasteiger partial charge in [-0.2, -0.15) is 0 Å². The van der Waals surface area contributed by atoms with Gasteiger partial charge in [-0.15, -0.1) is 0 Å². The second-order valence-corrected chi connectivity index (χ2v) is 6.49. The molecule has 0 bridgehead atoms. The van der Waals surface area contributed by atoms with Crippen molar-refractivity contribution in [2.24, 2.45) is 11.7 Å². The molecule has 0 spiro atoms. The fourth-order valence-corrected chi connectivity index (χ4v) is 3.26. The molecule has 0 saturated heterocycles. The first-order valence-electron chi connectivity index (χ1n) is 8.09. The van der Waals surface area contributed by atoms with Crippen LogP contribution in [0.5, 0.6) is 5.75 Å². The van der Waals surface area contributed by atoms with Gasteiger partial charge in [0, 0.05) is 17.0 Å². The molecule has 21 heavy (non-hydrogen) atoms. The molecule has 0 amide bonds. The van der Waals surface area contributed by atoms with Crippen LogP contribution in [-0.4, -0.2) is 6.10 Å². The SMILES string of the molecule is CC1CCC(Oc2c(C(C)N)ccc3ccccc23)CC1. The predicted octanol–water partition coefficient (Wildman–Crippen LogP) is 4.82. The summed E-state index contributed by atoms with van der Waals surface area (Å²) in [6.45, 7) is 4.36. The second-order valence-electron chi connectivity index (χ2n) is 6.49. The van der Waals surface area contributed by atoms with E-state index in [0.717, 1.165) is 30.1 Å². The van der Waals surface area contributed by atoms with Crippen LogP contribution in [-0.2, 0) is 0 Å². The number of fused-ring (bicyclic) bond motifs is 1.